The summed E-state index contributed by atoms with van der Waals surface area (Å²) in [5, 5.41) is 5.25. The largest absolute Gasteiger partial charge is 0.350 e. The summed E-state index contributed by atoms with van der Waals surface area (Å²) in [6.45, 7) is 8.18. The van der Waals surface area contributed by atoms with E-state index in [2.05, 4.69) is 17.2 Å². The van der Waals surface area contributed by atoms with Crippen molar-refractivity contribution in [3.05, 3.63) is 46.4 Å². The second-order valence-corrected chi connectivity index (χ2v) is 6.64. The molecule has 3 rings (SSSR count). The molecule has 2 aromatic rings. The van der Waals surface area contributed by atoms with E-state index in [0.717, 1.165) is 22.9 Å². The Morgan fingerprint density at radius 3 is 2.61 bits per heavy atom. The van der Waals surface area contributed by atoms with Gasteiger partial charge in [-0.3, -0.25) is 4.79 Å². The summed E-state index contributed by atoms with van der Waals surface area (Å²) in [7, 11) is 0. The molecule has 2 heterocycles. The Balaban J connectivity index is 1.69. The quantitative estimate of drug-likeness (QED) is 0.910. The summed E-state index contributed by atoms with van der Waals surface area (Å²) >= 11 is 0. The molecule has 1 unspecified atom stereocenters. The number of aromatic nitrogens is 1. The Labute approximate surface area is 136 Å². The highest BCUT2D eigenvalue weighted by molar-refractivity contribution is 5.84. The summed E-state index contributed by atoms with van der Waals surface area (Å²) in [4.78, 5) is 14.7. The van der Waals surface area contributed by atoms with Crippen LogP contribution in [0.15, 0.2) is 35.3 Å². The summed E-state index contributed by atoms with van der Waals surface area (Å²) in [5.41, 5.74) is 1.05. The van der Waals surface area contributed by atoms with Gasteiger partial charge in [-0.15, -0.1) is 0 Å². The lowest BCUT2D eigenvalue weighted by atomic mass is 10.0. The topological polar surface area (TPSA) is 63.4 Å². The lowest BCUT2D eigenvalue weighted by Gasteiger charge is -2.35. The third-order valence-electron chi connectivity index (χ3n) is 4.35. The monoisotopic (exact) mass is 316 g/mol. The minimum atomic E-state index is -0.475. The molecule has 1 fully saturated rings. The minimum Gasteiger partial charge on any atom is -0.350 e. The van der Waals surface area contributed by atoms with Crippen LogP contribution in [0.25, 0.3) is 10.8 Å². The number of ether oxygens (including phenoxy) is 2. The van der Waals surface area contributed by atoms with E-state index in [-0.39, 0.29) is 11.6 Å². The van der Waals surface area contributed by atoms with Gasteiger partial charge >= 0.3 is 0 Å². The summed E-state index contributed by atoms with van der Waals surface area (Å²) in [6, 6.07) is 7.83. The number of H-pyrrole nitrogens is 1. The normalized spacial score (nSPS) is 19.8. The fourth-order valence-corrected chi connectivity index (χ4v) is 2.89. The molecular formula is C18H24N2O3. The van der Waals surface area contributed by atoms with Crippen LogP contribution in [0.5, 0.6) is 0 Å². The number of rotatable bonds is 4. The zero-order valence-corrected chi connectivity index (χ0v) is 13.9. The van der Waals surface area contributed by atoms with Gasteiger partial charge in [0.15, 0.2) is 5.79 Å². The van der Waals surface area contributed by atoms with Crippen molar-refractivity contribution in [3.8, 4) is 0 Å². The molecule has 0 saturated carbocycles. The molecule has 1 aromatic heterocycles. The summed E-state index contributed by atoms with van der Waals surface area (Å²) in [6.07, 6.45) is 1.80. The molecular weight excluding hydrogens is 292 g/mol. The van der Waals surface area contributed by atoms with Gasteiger partial charge in [-0.25, -0.2) is 0 Å². The van der Waals surface area contributed by atoms with Crippen LogP contribution in [-0.2, 0) is 9.47 Å². The van der Waals surface area contributed by atoms with Gasteiger partial charge in [-0.2, -0.15) is 0 Å². The van der Waals surface area contributed by atoms with Crippen molar-refractivity contribution >= 4 is 10.8 Å². The highest BCUT2D eigenvalue weighted by atomic mass is 16.7. The molecule has 0 spiro atoms. The van der Waals surface area contributed by atoms with Crippen LogP contribution >= 0.6 is 0 Å². The Bertz CT molecular complexity index is 728. The van der Waals surface area contributed by atoms with Crippen molar-refractivity contribution in [3.63, 3.8) is 0 Å². The summed E-state index contributed by atoms with van der Waals surface area (Å²) < 4.78 is 11.4. The van der Waals surface area contributed by atoms with Gasteiger partial charge < -0.3 is 19.8 Å². The molecule has 5 nitrogen and oxygen atoms in total. The second kappa shape index (κ2) is 6.43. The van der Waals surface area contributed by atoms with Gasteiger partial charge in [0.1, 0.15) is 0 Å². The first-order chi connectivity index (χ1) is 11.0. The van der Waals surface area contributed by atoms with E-state index in [1.165, 1.54) is 0 Å². The van der Waals surface area contributed by atoms with Gasteiger partial charge in [-0.1, -0.05) is 18.2 Å². The Morgan fingerprint density at radius 1 is 1.26 bits per heavy atom. The minimum absolute atomic E-state index is 0.0483. The lowest BCUT2D eigenvalue weighted by Crippen LogP contribution is -2.43. The third-order valence-corrected chi connectivity index (χ3v) is 4.35. The van der Waals surface area contributed by atoms with E-state index >= 15 is 0 Å². The Morgan fingerprint density at radius 2 is 1.91 bits per heavy atom. The van der Waals surface area contributed by atoms with E-state index in [1.807, 2.05) is 38.1 Å². The molecule has 124 valence electrons. The zero-order chi connectivity index (χ0) is 16.4. The predicted molar refractivity (Wildman–Crippen MR) is 90.5 cm³/mol. The van der Waals surface area contributed by atoms with Gasteiger partial charge in [-0.05, 0) is 37.8 Å². The summed E-state index contributed by atoms with van der Waals surface area (Å²) in [5.74, 6) is -0.142. The first-order valence-corrected chi connectivity index (χ1v) is 8.08. The maximum atomic E-state index is 11.9. The average Bonchev–Trinajstić information content (AvgIpc) is 2.54. The molecule has 1 aliphatic heterocycles. The van der Waals surface area contributed by atoms with Gasteiger partial charge in [0.2, 0.25) is 0 Å². The van der Waals surface area contributed by atoms with Crippen molar-refractivity contribution in [2.75, 3.05) is 19.8 Å². The molecule has 0 bridgehead atoms. The standard InChI is InChI=1S/C18H24N2O3/c1-12(19-8-13-10-22-18(2,3)23-11-13)16-9-20-17(21)15-7-5-4-6-14(15)16/h4-7,9,12-13,19H,8,10-11H2,1-3H3,(H,20,21). The highest BCUT2D eigenvalue weighted by Gasteiger charge is 2.28. The van der Waals surface area contributed by atoms with Gasteiger partial charge in [0, 0.05) is 30.1 Å². The van der Waals surface area contributed by atoms with E-state index in [9.17, 15) is 4.79 Å². The zero-order valence-electron chi connectivity index (χ0n) is 13.9. The SMILES string of the molecule is CC(NCC1COC(C)(C)OC1)c1c[nH]c(=O)c2ccccc12. The van der Waals surface area contributed by atoms with E-state index in [4.69, 9.17) is 9.47 Å². The number of aromatic amines is 1. The average molecular weight is 316 g/mol. The fraction of sp³-hybridized carbons (Fsp3) is 0.500. The number of pyridine rings is 1. The van der Waals surface area contributed by atoms with Crippen molar-refractivity contribution in [2.45, 2.75) is 32.6 Å². The number of fused-ring (bicyclic) bond motifs is 1. The fourth-order valence-electron chi connectivity index (χ4n) is 2.89. The van der Waals surface area contributed by atoms with Crippen molar-refractivity contribution < 1.29 is 9.47 Å². The third kappa shape index (κ3) is 3.63. The number of nitrogens with one attached hydrogen (secondary N) is 2. The Hall–Kier alpha value is -1.69. The first-order valence-electron chi connectivity index (χ1n) is 8.08. The van der Waals surface area contributed by atoms with E-state index < -0.39 is 5.79 Å². The van der Waals surface area contributed by atoms with E-state index in [0.29, 0.717) is 19.1 Å². The molecule has 23 heavy (non-hydrogen) atoms. The Kier molecular flexibility index (Phi) is 4.53. The maximum Gasteiger partial charge on any atom is 0.255 e. The molecule has 5 heteroatoms. The number of benzene rings is 1. The number of hydrogen-bond acceptors (Lipinski definition) is 4. The second-order valence-electron chi connectivity index (χ2n) is 6.64. The van der Waals surface area contributed by atoms with Crippen LogP contribution in [0.2, 0.25) is 0 Å². The van der Waals surface area contributed by atoms with Crippen LogP contribution in [0.4, 0.5) is 0 Å². The van der Waals surface area contributed by atoms with Crippen LogP contribution < -0.4 is 10.9 Å². The molecule has 1 aliphatic rings. The molecule has 1 aromatic carbocycles. The van der Waals surface area contributed by atoms with Crippen LogP contribution in [0.1, 0.15) is 32.4 Å². The predicted octanol–water partition coefficient (Wildman–Crippen LogP) is 2.58. The molecule has 0 amide bonds. The van der Waals surface area contributed by atoms with Crippen molar-refractivity contribution in [1.82, 2.24) is 10.3 Å². The molecule has 0 radical (unpaired) electrons. The van der Waals surface area contributed by atoms with Gasteiger partial charge in [0.25, 0.3) is 5.56 Å². The molecule has 1 saturated heterocycles. The maximum absolute atomic E-state index is 11.9. The number of hydrogen-bond donors (Lipinski definition) is 2. The smallest absolute Gasteiger partial charge is 0.255 e. The molecule has 1 atom stereocenters. The molecule has 0 aliphatic carbocycles. The lowest BCUT2D eigenvalue weighted by molar-refractivity contribution is -0.261. The van der Waals surface area contributed by atoms with Gasteiger partial charge in [0.05, 0.1) is 13.2 Å². The first kappa shape index (κ1) is 16.2. The van der Waals surface area contributed by atoms with Crippen molar-refractivity contribution in [2.24, 2.45) is 5.92 Å². The van der Waals surface area contributed by atoms with E-state index in [1.54, 1.807) is 6.20 Å². The van der Waals surface area contributed by atoms with Crippen LogP contribution in [-0.4, -0.2) is 30.5 Å². The van der Waals surface area contributed by atoms with Crippen LogP contribution in [0.3, 0.4) is 0 Å². The molecule has 2 N–H and O–H groups in total. The van der Waals surface area contributed by atoms with Crippen molar-refractivity contribution in [1.29, 1.82) is 0 Å². The van der Waals surface area contributed by atoms with Crippen LogP contribution in [0, 0.1) is 5.92 Å². The highest BCUT2D eigenvalue weighted by Crippen LogP contribution is 2.23.